The lowest BCUT2D eigenvalue weighted by Crippen LogP contribution is -1.82. The molecule has 0 fully saturated rings. The molecule has 1 aromatic heterocycles. The van der Waals surface area contributed by atoms with Crippen LogP contribution in [-0.4, -0.2) is 9.97 Å². The fourth-order valence-corrected chi connectivity index (χ4v) is 2.23. The van der Waals surface area contributed by atoms with Gasteiger partial charge in [-0.25, -0.2) is 4.98 Å². The molecule has 18 heavy (non-hydrogen) atoms. The third-order valence-corrected chi connectivity index (χ3v) is 3.57. The molecule has 1 heterocycles. The smallest absolute Gasteiger partial charge is 0.138 e. The Kier molecular flexibility index (Phi) is 2.60. The quantitative estimate of drug-likeness (QED) is 0.682. The van der Waals surface area contributed by atoms with Crippen LogP contribution in [0, 0.1) is 13.8 Å². The summed E-state index contributed by atoms with van der Waals surface area (Å²) in [5, 5.41) is 0.768. The van der Waals surface area contributed by atoms with Crippen LogP contribution in [0.2, 0.25) is 5.02 Å². The van der Waals surface area contributed by atoms with E-state index in [2.05, 4.69) is 23.0 Å². The second kappa shape index (κ2) is 4.14. The highest BCUT2D eigenvalue weighted by molar-refractivity contribution is 6.31. The first kappa shape index (κ1) is 11.3. The number of fused-ring (bicyclic) bond motifs is 1. The Morgan fingerprint density at radius 1 is 1.06 bits per heavy atom. The van der Waals surface area contributed by atoms with Gasteiger partial charge < -0.3 is 4.98 Å². The van der Waals surface area contributed by atoms with Crippen molar-refractivity contribution >= 4 is 22.6 Å². The maximum Gasteiger partial charge on any atom is 0.138 e. The molecule has 0 aliphatic rings. The van der Waals surface area contributed by atoms with Crippen molar-refractivity contribution in [3.63, 3.8) is 0 Å². The summed E-state index contributed by atoms with van der Waals surface area (Å²) in [6.07, 6.45) is 0. The topological polar surface area (TPSA) is 28.7 Å². The second-order valence-electron chi connectivity index (χ2n) is 4.52. The van der Waals surface area contributed by atoms with Gasteiger partial charge in [0.1, 0.15) is 5.82 Å². The van der Waals surface area contributed by atoms with E-state index in [0.717, 1.165) is 33.0 Å². The molecule has 2 aromatic carbocycles. The van der Waals surface area contributed by atoms with Crippen molar-refractivity contribution in [1.29, 1.82) is 0 Å². The lowest BCUT2D eigenvalue weighted by Gasteiger charge is -2.00. The summed E-state index contributed by atoms with van der Waals surface area (Å²) in [5.41, 5.74) is 5.34. The molecule has 0 aliphatic heterocycles. The van der Waals surface area contributed by atoms with Gasteiger partial charge in [0.05, 0.1) is 11.0 Å². The number of H-pyrrole nitrogens is 1. The van der Waals surface area contributed by atoms with E-state index in [9.17, 15) is 0 Å². The van der Waals surface area contributed by atoms with Crippen molar-refractivity contribution in [2.45, 2.75) is 13.8 Å². The molecule has 1 N–H and O–H groups in total. The third kappa shape index (κ3) is 1.79. The van der Waals surface area contributed by atoms with Gasteiger partial charge in [-0.05, 0) is 37.1 Å². The lowest BCUT2D eigenvalue weighted by molar-refractivity contribution is 1.32. The number of aromatic amines is 1. The van der Waals surface area contributed by atoms with Crippen molar-refractivity contribution in [3.8, 4) is 11.4 Å². The molecule has 0 saturated carbocycles. The van der Waals surface area contributed by atoms with Crippen molar-refractivity contribution in [2.75, 3.05) is 0 Å². The van der Waals surface area contributed by atoms with Crippen molar-refractivity contribution in [1.82, 2.24) is 9.97 Å². The maximum absolute atomic E-state index is 6.15. The Bertz CT molecular complexity index is 728. The molecular formula is C15H13ClN2. The molecule has 0 saturated heterocycles. The van der Waals surface area contributed by atoms with E-state index in [4.69, 9.17) is 11.6 Å². The van der Waals surface area contributed by atoms with Gasteiger partial charge in [-0.2, -0.15) is 0 Å². The minimum atomic E-state index is 0.768. The molecule has 2 nitrogen and oxygen atoms in total. The van der Waals surface area contributed by atoms with E-state index in [1.165, 1.54) is 5.56 Å². The number of nitrogens with zero attached hydrogens (tertiary/aromatic N) is 1. The van der Waals surface area contributed by atoms with Crippen LogP contribution in [0.25, 0.3) is 22.4 Å². The molecule has 0 aliphatic carbocycles. The van der Waals surface area contributed by atoms with Crippen LogP contribution in [0.1, 0.15) is 11.1 Å². The van der Waals surface area contributed by atoms with Crippen LogP contribution in [0.5, 0.6) is 0 Å². The average molecular weight is 257 g/mol. The fraction of sp³-hybridized carbons (Fsp3) is 0.133. The number of para-hydroxylation sites is 1. The number of imidazole rings is 1. The molecular weight excluding hydrogens is 244 g/mol. The number of halogens is 1. The average Bonchev–Trinajstić information content (AvgIpc) is 2.78. The second-order valence-corrected chi connectivity index (χ2v) is 4.93. The van der Waals surface area contributed by atoms with Gasteiger partial charge in [-0.1, -0.05) is 35.9 Å². The number of aromatic nitrogens is 2. The van der Waals surface area contributed by atoms with Gasteiger partial charge in [0.25, 0.3) is 0 Å². The minimum Gasteiger partial charge on any atom is -0.338 e. The number of hydrogen-bond donors (Lipinski definition) is 1. The van der Waals surface area contributed by atoms with Gasteiger partial charge in [-0.3, -0.25) is 0 Å². The normalized spacial score (nSPS) is 11.1. The fourth-order valence-electron chi connectivity index (χ4n) is 2.05. The summed E-state index contributed by atoms with van der Waals surface area (Å²) in [5.74, 6) is 0.862. The molecule has 0 unspecified atom stereocenters. The summed E-state index contributed by atoms with van der Waals surface area (Å²) in [6.45, 7) is 4.06. The van der Waals surface area contributed by atoms with E-state index in [1.807, 2.05) is 37.3 Å². The zero-order chi connectivity index (χ0) is 12.7. The molecule has 0 spiro atoms. The van der Waals surface area contributed by atoms with Gasteiger partial charge in [0, 0.05) is 10.6 Å². The summed E-state index contributed by atoms with van der Waals surface area (Å²) < 4.78 is 0. The molecule has 0 amide bonds. The first-order valence-corrected chi connectivity index (χ1v) is 6.25. The van der Waals surface area contributed by atoms with Crippen LogP contribution in [0.15, 0.2) is 36.4 Å². The van der Waals surface area contributed by atoms with Gasteiger partial charge in [-0.15, -0.1) is 0 Å². The van der Waals surface area contributed by atoms with Crippen molar-refractivity contribution in [2.24, 2.45) is 0 Å². The summed E-state index contributed by atoms with van der Waals surface area (Å²) in [4.78, 5) is 7.97. The van der Waals surface area contributed by atoms with Crippen LogP contribution in [0.3, 0.4) is 0 Å². The minimum absolute atomic E-state index is 0.768. The molecule has 3 heteroatoms. The standard InChI is InChI=1S/C15H13ClN2/c1-9-6-7-11(8-12(9)16)15-17-13-5-3-4-10(2)14(13)18-15/h3-8H,1-2H3,(H,17,18). The molecule has 0 radical (unpaired) electrons. The van der Waals surface area contributed by atoms with E-state index >= 15 is 0 Å². The van der Waals surface area contributed by atoms with E-state index in [0.29, 0.717) is 0 Å². The third-order valence-electron chi connectivity index (χ3n) is 3.16. The molecule has 0 bridgehead atoms. The predicted octanol–water partition coefficient (Wildman–Crippen LogP) is 4.50. The summed E-state index contributed by atoms with van der Waals surface area (Å²) in [7, 11) is 0. The van der Waals surface area contributed by atoms with E-state index < -0.39 is 0 Å². The maximum atomic E-state index is 6.15. The number of hydrogen-bond acceptors (Lipinski definition) is 1. The van der Waals surface area contributed by atoms with Crippen LogP contribution in [-0.2, 0) is 0 Å². The summed E-state index contributed by atoms with van der Waals surface area (Å²) in [6, 6.07) is 12.1. The van der Waals surface area contributed by atoms with E-state index in [-0.39, 0.29) is 0 Å². The predicted molar refractivity (Wildman–Crippen MR) is 76.0 cm³/mol. The molecule has 90 valence electrons. The van der Waals surface area contributed by atoms with Gasteiger partial charge >= 0.3 is 0 Å². The van der Waals surface area contributed by atoms with E-state index in [1.54, 1.807) is 0 Å². The largest absolute Gasteiger partial charge is 0.338 e. The van der Waals surface area contributed by atoms with Crippen molar-refractivity contribution in [3.05, 3.63) is 52.5 Å². The van der Waals surface area contributed by atoms with Crippen LogP contribution in [0.4, 0.5) is 0 Å². The molecule has 3 aromatic rings. The zero-order valence-electron chi connectivity index (χ0n) is 10.3. The summed E-state index contributed by atoms with van der Waals surface area (Å²) >= 11 is 6.15. The number of aryl methyl sites for hydroxylation is 2. The van der Waals surface area contributed by atoms with Crippen LogP contribution >= 0.6 is 11.6 Å². The van der Waals surface area contributed by atoms with Gasteiger partial charge in [0.15, 0.2) is 0 Å². The Hall–Kier alpha value is -1.80. The number of nitrogens with one attached hydrogen (secondary N) is 1. The monoisotopic (exact) mass is 256 g/mol. The Morgan fingerprint density at radius 3 is 2.61 bits per heavy atom. The highest BCUT2D eigenvalue weighted by atomic mass is 35.5. The SMILES string of the molecule is Cc1ccc(-c2nc3c(C)cccc3[nH]2)cc1Cl. The Morgan fingerprint density at radius 2 is 1.89 bits per heavy atom. The highest BCUT2D eigenvalue weighted by Gasteiger charge is 2.07. The first-order chi connectivity index (χ1) is 8.65. The number of benzene rings is 2. The lowest BCUT2D eigenvalue weighted by atomic mass is 10.1. The van der Waals surface area contributed by atoms with Crippen molar-refractivity contribution < 1.29 is 0 Å². The first-order valence-electron chi connectivity index (χ1n) is 5.87. The number of rotatable bonds is 1. The molecule has 3 rings (SSSR count). The zero-order valence-corrected chi connectivity index (χ0v) is 11.0. The Balaban J connectivity index is 2.19. The van der Waals surface area contributed by atoms with Gasteiger partial charge in [0.2, 0.25) is 0 Å². The Labute approximate surface area is 111 Å². The van der Waals surface area contributed by atoms with Crippen LogP contribution < -0.4 is 0 Å². The highest BCUT2D eigenvalue weighted by Crippen LogP contribution is 2.26. The molecule has 0 atom stereocenters.